The summed E-state index contributed by atoms with van der Waals surface area (Å²) in [4.78, 5) is 25.5. The number of halogens is 1. The Balaban J connectivity index is 1.81. The van der Waals surface area contributed by atoms with E-state index in [0.717, 1.165) is 12.8 Å². The van der Waals surface area contributed by atoms with Crippen LogP contribution in [0.25, 0.3) is 0 Å². The van der Waals surface area contributed by atoms with E-state index in [1.165, 1.54) is 12.1 Å². The largest absolute Gasteiger partial charge is 0.479 e. The number of ether oxygens (including phenoxy) is 2. The van der Waals surface area contributed by atoms with Crippen LogP contribution in [0.2, 0.25) is 0 Å². The lowest BCUT2D eigenvalue weighted by atomic mass is 9.85. The SMILES string of the molecule is CC(C)(C)CCCC(=O)NC1C(=O)Nc2cccc(F)c2OC12CCOCC2. The second kappa shape index (κ2) is 8.07. The van der Waals surface area contributed by atoms with Crippen LogP contribution in [0.4, 0.5) is 10.1 Å². The summed E-state index contributed by atoms with van der Waals surface area (Å²) < 4.78 is 25.9. The Hall–Kier alpha value is -2.15. The van der Waals surface area contributed by atoms with Crippen LogP contribution in [0.5, 0.6) is 5.75 Å². The average molecular weight is 392 g/mol. The molecule has 7 heteroatoms. The highest BCUT2D eigenvalue weighted by Gasteiger charge is 2.50. The Kier molecular flexibility index (Phi) is 5.93. The number of nitrogens with one attached hydrogen (secondary N) is 2. The minimum Gasteiger partial charge on any atom is -0.479 e. The van der Waals surface area contributed by atoms with Gasteiger partial charge in [-0.3, -0.25) is 9.59 Å². The molecule has 1 aromatic rings. The Morgan fingerprint density at radius 2 is 2.04 bits per heavy atom. The summed E-state index contributed by atoms with van der Waals surface area (Å²) >= 11 is 0. The molecule has 1 fully saturated rings. The maximum Gasteiger partial charge on any atom is 0.251 e. The zero-order valence-electron chi connectivity index (χ0n) is 16.8. The molecule has 2 N–H and O–H groups in total. The summed E-state index contributed by atoms with van der Waals surface area (Å²) in [5.74, 6) is -1.12. The van der Waals surface area contributed by atoms with Gasteiger partial charge < -0.3 is 20.1 Å². The first kappa shape index (κ1) is 20.6. The molecule has 1 saturated heterocycles. The monoisotopic (exact) mass is 392 g/mol. The van der Waals surface area contributed by atoms with E-state index < -0.39 is 23.4 Å². The van der Waals surface area contributed by atoms with E-state index in [1.54, 1.807) is 6.07 Å². The van der Waals surface area contributed by atoms with Crippen molar-refractivity contribution in [2.45, 2.75) is 64.5 Å². The molecule has 0 saturated carbocycles. The third kappa shape index (κ3) is 4.63. The predicted molar refractivity (Wildman–Crippen MR) is 104 cm³/mol. The van der Waals surface area contributed by atoms with Gasteiger partial charge in [-0.15, -0.1) is 0 Å². The molecule has 2 amide bonds. The van der Waals surface area contributed by atoms with Crippen molar-refractivity contribution in [3.8, 4) is 5.75 Å². The molecule has 0 aliphatic carbocycles. The highest BCUT2D eigenvalue weighted by molar-refractivity contribution is 6.00. The summed E-state index contributed by atoms with van der Waals surface area (Å²) in [6.45, 7) is 7.14. The van der Waals surface area contributed by atoms with Crippen LogP contribution >= 0.6 is 0 Å². The Bertz CT molecular complexity index is 738. The molecular formula is C21H29FN2O4. The number of fused-ring (bicyclic) bond motifs is 1. The first-order valence-corrected chi connectivity index (χ1v) is 9.86. The van der Waals surface area contributed by atoms with Crippen LogP contribution in [0.15, 0.2) is 18.2 Å². The predicted octanol–water partition coefficient (Wildman–Crippen LogP) is 3.41. The Labute approximate surface area is 165 Å². The lowest BCUT2D eigenvalue weighted by Gasteiger charge is -2.41. The zero-order chi connectivity index (χ0) is 20.4. The van der Waals surface area contributed by atoms with Crippen molar-refractivity contribution in [1.82, 2.24) is 5.32 Å². The van der Waals surface area contributed by atoms with Gasteiger partial charge in [0.15, 0.2) is 11.6 Å². The second-order valence-electron chi connectivity index (χ2n) is 8.80. The molecule has 0 bridgehead atoms. The Morgan fingerprint density at radius 1 is 1.32 bits per heavy atom. The molecule has 6 nitrogen and oxygen atoms in total. The molecular weight excluding hydrogens is 363 g/mol. The molecule has 154 valence electrons. The zero-order valence-corrected chi connectivity index (χ0v) is 16.8. The highest BCUT2D eigenvalue weighted by atomic mass is 19.1. The molecule has 2 aliphatic heterocycles. The summed E-state index contributed by atoms with van der Waals surface area (Å²) in [5.41, 5.74) is -0.611. The fraction of sp³-hybridized carbons (Fsp3) is 0.619. The number of carbonyl (C=O) groups is 2. The number of carbonyl (C=O) groups excluding carboxylic acids is 2. The molecule has 1 spiro atoms. The van der Waals surface area contributed by atoms with Gasteiger partial charge in [-0.25, -0.2) is 4.39 Å². The fourth-order valence-corrected chi connectivity index (χ4v) is 3.73. The summed E-state index contributed by atoms with van der Waals surface area (Å²) in [5, 5.41) is 5.57. The van der Waals surface area contributed by atoms with Crippen molar-refractivity contribution in [3.05, 3.63) is 24.0 Å². The van der Waals surface area contributed by atoms with Crippen LogP contribution in [-0.2, 0) is 14.3 Å². The van der Waals surface area contributed by atoms with Gasteiger partial charge in [-0.2, -0.15) is 0 Å². The topological polar surface area (TPSA) is 76.7 Å². The number of anilines is 1. The normalized spacial score (nSPS) is 21.3. The van der Waals surface area contributed by atoms with Crippen molar-refractivity contribution in [1.29, 1.82) is 0 Å². The molecule has 1 unspecified atom stereocenters. The lowest BCUT2D eigenvalue weighted by Crippen LogP contribution is -2.62. The summed E-state index contributed by atoms with van der Waals surface area (Å²) in [6.07, 6.45) is 2.75. The summed E-state index contributed by atoms with van der Waals surface area (Å²) in [7, 11) is 0. The maximum absolute atomic E-state index is 14.4. The van der Waals surface area contributed by atoms with Gasteiger partial charge in [0.1, 0.15) is 11.6 Å². The van der Waals surface area contributed by atoms with Gasteiger partial charge in [0, 0.05) is 19.3 Å². The third-order valence-corrected chi connectivity index (χ3v) is 5.29. The second-order valence-corrected chi connectivity index (χ2v) is 8.80. The number of hydrogen-bond acceptors (Lipinski definition) is 4. The molecule has 1 aromatic carbocycles. The van der Waals surface area contributed by atoms with Crippen molar-refractivity contribution in [2.24, 2.45) is 5.41 Å². The maximum atomic E-state index is 14.4. The molecule has 2 heterocycles. The average Bonchev–Trinajstić information content (AvgIpc) is 2.72. The van der Waals surface area contributed by atoms with E-state index in [9.17, 15) is 14.0 Å². The van der Waals surface area contributed by atoms with Crippen molar-refractivity contribution >= 4 is 17.5 Å². The van der Waals surface area contributed by atoms with Crippen molar-refractivity contribution in [3.63, 3.8) is 0 Å². The molecule has 0 aromatic heterocycles. The minimum absolute atomic E-state index is 0.0160. The van der Waals surface area contributed by atoms with Crippen LogP contribution in [0.1, 0.15) is 52.9 Å². The van der Waals surface area contributed by atoms with Gasteiger partial charge in [0.25, 0.3) is 5.91 Å². The number of benzene rings is 1. The van der Waals surface area contributed by atoms with Gasteiger partial charge in [-0.1, -0.05) is 26.8 Å². The Morgan fingerprint density at radius 3 is 2.71 bits per heavy atom. The van der Waals surface area contributed by atoms with Gasteiger partial charge in [-0.05, 0) is 30.4 Å². The van der Waals surface area contributed by atoms with Gasteiger partial charge in [0.2, 0.25) is 5.91 Å². The molecule has 1 atom stereocenters. The molecule has 3 rings (SSSR count). The van der Waals surface area contributed by atoms with Crippen LogP contribution < -0.4 is 15.4 Å². The highest BCUT2D eigenvalue weighted by Crippen LogP contribution is 2.39. The first-order valence-electron chi connectivity index (χ1n) is 9.86. The van der Waals surface area contributed by atoms with Crippen LogP contribution in [0, 0.1) is 11.2 Å². The van der Waals surface area contributed by atoms with E-state index in [2.05, 4.69) is 31.4 Å². The van der Waals surface area contributed by atoms with E-state index in [0.29, 0.717) is 32.5 Å². The molecule has 0 radical (unpaired) electrons. The number of hydrogen-bond donors (Lipinski definition) is 2. The summed E-state index contributed by atoms with van der Waals surface area (Å²) in [6, 6.07) is 3.49. The number of para-hydroxylation sites is 1. The third-order valence-electron chi connectivity index (χ3n) is 5.29. The lowest BCUT2D eigenvalue weighted by molar-refractivity contribution is -0.136. The standard InChI is InChI=1S/C21H29FN2O4/c1-20(2,3)9-5-8-16(25)24-18-19(26)23-15-7-4-6-14(22)17(15)28-21(18)10-12-27-13-11-21/h4,6-7,18H,5,8-13H2,1-3H3,(H,23,26)(H,24,25). The minimum atomic E-state index is -1.03. The fourth-order valence-electron chi connectivity index (χ4n) is 3.73. The number of amides is 2. The number of rotatable bonds is 4. The molecule has 2 aliphatic rings. The van der Waals surface area contributed by atoms with Gasteiger partial charge >= 0.3 is 0 Å². The molecule has 28 heavy (non-hydrogen) atoms. The van der Waals surface area contributed by atoms with E-state index in [1.807, 2.05) is 0 Å². The van der Waals surface area contributed by atoms with Gasteiger partial charge in [0.05, 0.1) is 18.9 Å². The van der Waals surface area contributed by atoms with Crippen LogP contribution in [0.3, 0.4) is 0 Å². The van der Waals surface area contributed by atoms with Crippen molar-refractivity contribution < 1.29 is 23.5 Å². The van der Waals surface area contributed by atoms with Crippen molar-refractivity contribution in [2.75, 3.05) is 18.5 Å². The van der Waals surface area contributed by atoms with E-state index in [4.69, 9.17) is 9.47 Å². The first-order chi connectivity index (χ1) is 13.2. The van der Waals surface area contributed by atoms with E-state index >= 15 is 0 Å². The smallest absolute Gasteiger partial charge is 0.251 e. The van der Waals surface area contributed by atoms with Crippen LogP contribution in [-0.4, -0.2) is 36.7 Å². The van der Waals surface area contributed by atoms with E-state index in [-0.39, 0.29) is 22.8 Å². The quantitative estimate of drug-likeness (QED) is 0.823.